The van der Waals surface area contributed by atoms with E-state index in [4.69, 9.17) is 14.2 Å². The second-order valence-corrected chi connectivity index (χ2v) is 6.70. The number of methoxy groups -OCH3 is 1. The Morgan fingerprint density at radius 3 is 2.62 bits per heavy atom. The quantitative estimate of drug-likeness (QED) is 0.312. The molecule has 1 amide bonds. The SMILES string of the molecule is COc1ccc(Br)cc1C=C(C#N)C(=O)Nc1cc2c(cc1[N+](=O)[O-])OCCO2. The van der Waals surface area contributed by atoms with Crippen molar-refractivity contribution in [1.29, 1.82) is 5.26 Å². The van der Waals surface area contributed by atoms with Gasteiger partial charge in [0.2, 0.25) is 0 Å². The summed E-state index contributed by atoms with van der Waals surface area (Å²) in [6.45, 7) is 0.551. The van der Waals surface area contributed by atoms with Crippen molar-refractivity contribution < 1.29 is 23.9 Å². The van der Waals surface area contributed by atoms with Gasteiger partial charge in [-0.15, -0.1) is 0 Å². The maximum Gasteiger partial charge on any atom is 0.296 e. The molecule has 0 bridgehead atoms. The fraction of sp³-hybridized carbons (Fsp3) is 0.158. The number of anilines is 1. The third kappa shape index (κ3) is 4.47. The zero-order valence-electron chi connectivity index (χ0n) is 15.1. The molecule has 1 N–H and O–H groups in total. The second kappa shape index (κ2) is 8.62. The minimum absolute atomic E-state index is 0.105. The summed E-state index contributed by atoms with van der Waals surface area (Å²) in [5.41, 5.74) is -0.248. The topological polar surface area (TPSA) is 124 Å². The molecule has 1 aliphatic rings. The van der Waals surface area contributed by atoms with Crippen molar-refractivity contribution in [3.05, 3.63) is 56.1 Å². The van der Waals surface area contributed by atoms with E-state index in [1.165, 1.54) is 25.3 Å². The normalized spacial score (nSPS) is 12.7. The van der Waals surface area contributed by atoms with Crippen LogP contribution in [0.2, 0.25) is 0 Å². The third-order valence-electron chi connectivity index (χ3n) is 3.96. The number of halogens is 1. The minimum Gasteiger partial charge on any atom is -0.496 e. The number of nitrogens with zero attached hydrogens (tertiary/aromatic N) is 2. The molecule has 0 saturated carbocycles. The lowest BCUT2D eigenvalue weighted by Crippen LogP contribution is -2.18. The van der Waals surface area contributed by atoms with Crippen LogP contribution >= 0.6 is 15.9 Å². The number of carbonyl (C=O) groups excluding carboxylic acids is 1. The number of hydrogen-bond acceptors (Lipinski definition) is 7. The molecule has 0 aliphatic carbocycles. The number of amides is 1. The molecule has 3 rings (SSSR count). The first-order valence-corrected chi connectivity index (χ1v) is 9.07. The van der Waals surface area contributed by atoms with Gasteiger partial charge in [-0.3, -0.25) is 14.9 Å². The van der Waals surface area contributed by atoms with Crippen molar-refractivity contribution in [2.24, 2.45) is 0 Å². The Hall–Kier alpha value is -3.58. The summed E-state index contributed by atoms with van der Waals surface area (Å²) < 4.78 is 16.7. The van der Waals surface area contributed by atoms with Gasteiger partial charge in [-0.1, -0.05) is 15.9 Å². The Morgan fingerprint density at radius 2 is 2.00 bits per heavy atom. The fourth-order valence-corrected chi connectivity index (χ4v) is 3.02. The van der Waals surface area contributed by atoms with Gasteiger partial charge in [0, 0.05) is 16.1 Å². The van der Waals surface area contributed by atoms with Gasteiger partial charge >= 0.3 is 0 Å². The molecule has 1 aliphatic heterocycles. The third-order valence-corrected chi connectivity index (χ3v) is 4.46. The average Bonchev–Trinajstić information content (AvgIpc) is 2.71. The van der Waals surface area contributed by atoms with Crippen LogP contribution in [0.3, 0.4) is 0 Å². The Kier molecular flexibility index (Phi) is 5.99. The molecule has 0 atom stereocenters. The monoisotopic (exact) mass is 459 g/mol. The molecular weight excluding hydrogens is 446 g/mol. The first kappa shape index (κ1) is 20.2. The first-order valence-electron chi connectivity index (χ1n) is 8.27. The molecule has 0 fully saturated rings. The number of ether oxygens (including phenoxy) is 3. The molecule has 2 aromatic rings. The van der Waals surface area contributed by atoms with Gasteiger partial charge in [0.15, 0.2) is 11.5 Å². The van der Waals surface area contributed by atoms with Crippen LogP contribution in [0.25, 0.3) is 6.08 Å². The van der Waals surface area contributed by atoms with Crippen LogP contribution in [-0.4, -0.2) is 31.2 Å². The molecule has 2 aromatic carbocycles. The van der Waals surface area contributed by atoms with Crippen molar-refractivity contribution in [2.75, 3.05) is 25.6 Å². The van der Waals surface area contributed by atoms with E-state index >= 15 is 0 Å². The fourth-order valence-electron chi connectivity index (χ4n) is 2.64. The first-order chi connectivity index (χ1) is 13.9. The largest absolute Gasteiger partial charge is 0.496 e. The van der Waals surface area contributed by atoms with Gasteiger partial charge in [-0.25, -0.2) is 0 Å². The summed E-state index contributed by atoms with van der Waals surface area (Å²) in [4.78, 5) is 23.4. The van der Waals surface area contributed by atoms with Crippen molar-refractivity contribution in [3.8, 4) is 23.3 Å². The number of nitriles is 1. The van der Waals surface area contributed by atoms with Crippen LogP contribution in [0.5, 0.6) is 17.2 Å². The number of benzene rings is 2. The molecule has 9 nitrogen and oxygen atoms in total. The Bertz CT molecular complexity index is 1060. The van der Waals surface area contributed by atoms with Crippen molar-refractivity contribution in [2.45, 2.75) is 0 Å². The van der Waals surface area contributed by atoms with Crippen LogP contribution in [0, 0.1) is 21.4 Å². The number of nitro groups is 1. The van der Waals surface area contributed by atoms with Crippen LogP contribution in [-0.2, 0) is 4.79 Å². The molecule has 0 spiro atoms. The lowest BCUT2D eigenvalue weighted by molar-refractivity contribution is -0.384. The Labute approximate surface area is 173 Å². The predicted molar refractivity (Wildman–Crippen MR) is 107 cm³/mol. The van der Waals surface area contributed by atoms with Gasteiger partial charge < -0.3 is 19.5 Å². The summed E-state index contributed by atoms with van der Waals surface area (Å²) in [6, 6.07) is 9.39. The van der Waals surface area contributed by atoms with Crippen molar-refractivity contribution in [3.63, 3.8) is 0 Å². The molecule has 29 heavy (non-hydrogen) atoms. The van der Waals surface area contributed by atoms with Gasteiger partial charge in [0.25, 0.3) is 11.6 Å². The predicted octanol–water partition coefficient (Wildman–Crippen LogP) is 3.68. The molecule has 1 heterocycles. The highest BCUT2D eigenvalue weighted by Gasteiger charge is 2.24. The van der Waals surface area contributed by atoms with Crippen molar-refractivity contribution >= 4 is 39.3 Å². The molecule has 148 valence electrons. The number of hydrogen-bond donors (Lipinski definition) is 1. The highest BCUT2D eigenvalue weighted by atomic mass is 79.9. The van der Waals surface area contributed by atoms with E-state index in [0.717, 1.165) is 4.47 Å². The molecule has 0 aromatic heterocycles. The van der Waals surface area contributed by atoms with Crippen LogP contribution in [0.15, 0.2) is 40.4 Å². The summed E-state index contributed by atoms with van der Waals surface area (Å²) in [7, 11) is 1.46. The maximum absolute atomic E-state index is 12.6. The number of fused-ring (bicyclic) bond motifs is 1. The van der Waals surface area contributed by atoms with Crippen LogP contribution in [0.1, 0.15) is 5.56 Å². The van der Waals surface area contributed by atoms with E-state index in [1.807, 2.05) is 0 Å². The molecular formula is C19H14BrN3O6. The molecule has 10 heteroatoms. The van der Waals surface area contributed by atoms with E-state index in [0.29, 0.717) is 11.3 Å². The van der Waals surface area contributed by atoms with Crippen molar-refractivity contribution in [1.82, 2.24) is 0 Å². The summed E-state index contributed by atoms with van der Waals surface area (Å²) >= 11 is 3.32. The van der Waals surface area contributed by atoms with Gasteiger partial charge in [0.05, 0.1) is 18.1 Å². The van der Waals surface area contributed by atoms with E-state index in [2.05, 4.69) is 21.2 Å². The molecule has 0 radical (unpaired) electrons. The smallest absolute Gasteiger partial charge is 0.296 e. The molecule has 0 saturated heterocycles. The van der Waals surface area contributed by atoms with E-state index in [-0.39, 0.29) is 41.7 Å². The van der Waals surface area contributed by atoms with E-state index in [1.54, 1.807) is 24.3 Å². The molecule has 0 unspecified atom stereocenters. The average molecular weight is 460 g/mol. The lowest BCUT2D eigenvalue weighted by Gasteiger charge is -2.19. The zero-order chi connectivity index (χ0) is 21.0. The Morgan fingerprint density at radius 1 is 1.31 bits per heavy atom. The van der Waals surface area contributed by atoms with Crippen LogP contribution in [0.4, 0.5) is 11.4 Å². The standard InChI is InChI=1S/C19H14BrN3O6/c1-27-16-3-2-13(20)7-11(16)6-12(10-21)19(24)22-14-8-17-18(29-5-4-28-17)9-15(14)23(25)26/h2-3,6-9H,4-5H2,1H3,(H,22,24). The van der Waals surface area contributed by atoms with Gasteiger partial charge in [-0.2, -0.15) is 5.26 Å². The number of nitro benzene ring substituents is 1. The summed E-state index contributed by atoms with van der Waals surface area (Å²) in [5, 5.41) is 23.2. The van der Waals surface area contributed by atoms with E-state index < -0.39 is 10.8 Å². The van der Waals surface area contributed by atoms with Gasteiger partial charge in [-0.05, 0) is 24.3 Å². The van der Waals surface area contributed by atoms with Gasteiger partial charge in [0.1, 0.15) is 36.3 Å². The number of carbonyl (C=O) groups is 1. The van der Waals surface area contributed by atoms with Crippen LogP contribution < -0.4 is 19.5 Å². The Balaban J connectivity index is 1.95. The van der Waals surface area contributed by atoms with E-state index in [9.17, 15) is 20.2 Å². The second-order valence-electron chi connectivity index (χ2n) is 5.78. The minimum atomic E-state index is -0.811. The summed E-state index contributed by atoms with van der Waals surface area (Å²) in [5.74, 6) is 0.137. The number of rotatable bonds is 5. The maximum atomic E-state index is 12.6. The zero-order valence-corrected chi connectivity index (χ0v) is 16.7. The lowest BCUT2D eigenvalue weighted by atomic mass is 10.1. The highest BCUT2D eigenvalue weighted by Crippen LogP contribution is 2.39. The number of nitrogens with one attached hydrogen (secondary N) is 1. The summed E-state index contributed by atoms with van der Waals surface area (Å²) in [6.07, 6.45) is 1.34. The highest BCUT2D eigenvalue weighted by molar-refractivity contribution is 9.10.